The average molecular weight is 395 g/mol. The molecular weight excluding hydrogens is 385 g/mol. The summed E-state index contributed by atoms with van der Waals surface area (Å²) in [6.07, 6.45) is 0. The van der Waals surface area contributed by atoms with Gasteiger partial charge in [0.1, 0.15) is 27.0 Å². The molecule has 0 radical (unpaired) electrons. The van der Waals surface area contributed by atoms with Crippen LogP contribution in [0, 0.1) is 5.82 Å². The van der Waals surface area contributed by atoms with E-state index >= 15 is 0 Å². The van der Waals surface area contributed by atoms with Gasteiger partial charge in [-0.15, -0.1) is 0 Å². The van der Waals surface area contributed by atoms with Crippen LogP contribution in [0.3, 0.4) is 0 Å². The van der Waals surface area contributed by atoms with E-state index in [1.165, 1.54) is 19.2 Å². The molecule has 0 bridgehead atoms. The summed E-state index contributed by atoms with van der Waals surface area (Å²) in [5, 5.41) is 0. The number of benzene rings is 1. The Hall–Kier alpha value is -0.660. The third-order valence-electron chi connectivity index (χ3n) is 3.71. The molecule has 19 heavy (non-hydrogen) atoms. The predicted molar refractivity (Wildman–Crippen MR) is 73.5 cm³/mol. The van der Waals surface area contributed by atoms with Gasteiger partial charge in [-0.25, -0.2) is 9.18 Å². The zero-order valence-corrected chi connectivity index (χ0v) is 13.0. The first-order chi connectivity index (χ1) is 8.84. The van der Waals surface area contributed by atoms with Crippen LogP contribution in [0.15, 0.2) is 12.1 Å². The Morgan fingerprint density at radius 1 is 1.58 bits per heavy atom. The lowest BCUT2D eigenvalue weighted by Crippen LogP contribution is -2.38. The van der Waals surface area contributed by atoms with Gasteiger partial charge in [0.2, 0.25) is 0 Å². The topological polar surface area (TPSA) is 61.5 Å². The zero-order chi connectivity index (χ0) is 14.0. The smallest absolute Gasteiger partial charge is 0.341 e. The number of hydrogen-bond donors (Lipinski definition) is 1. The summed E-state index contributed by atoms with van der Waals surface area (Å²) in [7, 11) is 1.27. The van der Waals surface area contributed by atoms with Crippen molar-refractivity contribution in [3.8, 4) is 5.75 Å². The summed E-state index contributed by atoms with van der Waals surface area (Å²) in [5.41, 5.74) is 5.97. The van der Waals surface area contributed by atoms with Gasteiger partial charge in [-0.05, 0) is 12.1 Å². The second-order valence-electron chi connectivity index (χ2n) is 4.71. The second kappa shape index (κ2) is 3.93. The van der Waals surface area contributed by atoms with E-state index in [-0.39, 0.29) is 23.8 Å². The fourth-order valence-electron chi connectivity index (χ4n) is 2.56. The number of hydrogen-bond acceptors (Lipinski definition) is 4. The molecule has 2 atom stereocenters. The van der Waals surface area contributed by atoms with E-state index in [9.17, 15) is 9.18 Å². The Bertz CT molecular complexity index is 593. The number of carbonyl (C=O) groups is 1. The molecule has 3 rings (SSSR count). The van der Waals surface area contributed by atoms with Crippen LogP contribution >= 0.6 is 31.9 Å². The highest BCUT2D eigenvalue weighted by atomic mass is 79.9. The predicted octanol–water partition coefficient (Wildman–Crippen LogP) is 2.29. The van der Waals surface area contributed by atoms with E-state index in [0.29, 0.717) is 5.56 Å². The van der Waals surface area contributed by atoms with Gasteiger partial charge >= 0.3 is 5.97 Å². The highest BCUT2D eigenvalue weighted by molar-refractivity contribution is 9.25. The average Bonchev–Trinajstić information content (AvgIpc) is 2.83. The number of halogens is 3. The van der Waals surface area contributed by atoms with Crippen LogP contribution in [0.4, 0.5) is 4.39 Å². The molecule has 2 unspecified atom stereocenters. The Morgan fingerprint density at radius 2 is 2.26 bits per heavy atom. The van der Waals surface area contributed by atoms with Crippen LogP contribution < -0.4 is 10.5 Å². The third kappa shape index (κ3) is 1.55. The van der Waals surface area contributed by atoms with Gasteiger partial charge in [0.05, 0.1) is 12.6 Å². The maximum Gasteiger partial charge on any atom is 0.341 e. The minimum atomic E-state index is -0.727. The zero-order valence-electron chi connectivity index (χ0n) is 9.88. The Kier molecular flexibility index (Phi) is 2.75. The van der Waals surface area contributed by atoms with Crippen LogP contribution in [-0.4, -0.2) is 28.5 Å². The largest absolute Gasteiger partial charge is 0.490 e. The van der Waals surface area contributed by atoms with Gasteiger partial charge < -0.3 is 15.2 Å². The van der Waals surface area contributed by atoms with Crippen LogP contribution in [-0.2, 0) is 4.74 Å². The third-order valence-corrected chi connectivity index (χ3v) is 6.10. The molecule has 2 N–H and O–H groups in total. The molecule has 0 amide bonds. The fourth-order valence-corrected chi connectivity index (χ4v) is 4.29. The lowest BCUT2D eigenvalue weighted by Gasteiger charge is -2.23. The summed E-state index contributed by atoms with van der Waals surface area (Å²) < 4.78 is 23.7. The van der Waals surface area contributed by atoms with E-state index < -0.39 is 20.6 Å². The van der Waals surface area contributed by atoms with Gasteiger partial charge in [-0.3, -0.25) is 0 Å². The van der Waals surface area contributed by atoms with Crippen molar-refractivity contribution >= 4 is 37.8 Å². The van der Waals surface area contributed by atoms with E-state index in [0.717, 1.165) is 0 Å². The number of carbonyl (C=O) groups excluding carboxylic acids is 1. The van der Waals surface area contributed by atoms with Gasteiger partial charge in [0, 0.05) is 11.5 Å². The number of esters is 1. The first kappa shape index (κ1) is 13.3. The highest BCUT2D eigenvalue weighted by Gasteiger charge is 2.76. The van der Waals surface area contributed by atoms with Crippen molar-refractivity contribution in [3.63, 3.8) is 0 Å². The van der Waals surface area contributed by atoms with Gasteiger partial charge in [-0.2, -0.15) is 0 Å². The molecule has 1 aromatic rings. The summed E-state index contributed by atoms with van der Waals surface area (Å²) in [6, 6.07) is 2.59. The van der Waals surface area contributed by atoms with Crippen molar-refractivity contribution in [2.45, 2.75) is 14.7 Å². The summed E-state index contributed by atoms with van der Waals surface area (Å²) in [6.45, 7) is 0.189. The van der Waals surface area contributed by atoms with Crippen molar-refractivity contribution in [1.82, 2.24) is 0 Å². The maximum atomic E-state index is 14.1. The van der Waals surface area contributed by atoms with Crippen molar-refractivity contribution in [1.29, 1.82) is 0 Å². The second-order valence-corrected chi connectivity index (χ2v) is 8.28. The maximum absolute atomic E-state index is 14.1. The van der Waals surface area contributed by atoms with Crippen molar-refractivity contribution in [2.24, 2.45) is 5.73 Å². The van der Waals surface area contributed by atoms with E-state index in [1.54, 1.807) is 0 Å². The van der Waals surface area contributed by atoms with Crippen molar-refractivity contribution in [3.05, 3.63) is 29.1 Å². The van der Waals surface area contributed by atoms with Crippen molar-refractivity contribution < 1.29 is 18.7 Å². The number of nitrogens with two attached hydrogens (primary N) is 1. The Morgan fingerprint density at radius 3 is 2.89 bits per heavy atom. The first-order valence-electron chi connectivity index (χ1n) is 5.55. The molecular formula is C12H10Br2FNO3. The monoisotopic (exact) mass is 393 g/mol. The molecule has 1 aromatic carbocycles. The number of fused-ring (bicyclic) bond motifs is 3. The lowest BCUT2D eigenvalue weighted by molar-refractivity contribution is 0.0594. The number of rotatable bonds is 1. The molecule has 0 spiro atoms. The molecule has 0 saturated heterocycles. The fraction of sp³-hybridized carbons (Fsp3) is 0.417. The molecule has 102 valence electrons. The number of ether oxygens (including phenoxy) is 2. The van der Waals surface area contributed by atoms with Crippen molar-refractivity contribution in [2.75, 3.05) is 13.7 Å². The molecule has 7 heteroatoms. The van der Waals surface area contributed by atoms with E-state index in [2.05, 4.69) is 36.6 Å². The molecule has 2 aliphatic rings. The quantitative estimate of drug-likeness (QED) is 0.586. The molecule has 1 fully saturated rings. The van der Waals surface area contributed by atoms with Crippen LogP contribution in [0.1, 0.15) is 21.8 Å². The molecule has 4 nitrogen and oxygen atoms in total. The standard InChI is InChI=1S/C12H10Br2FNO3/c1-18-10(17)5-2-3-6(15)7-8(5)19-4-11(16)9(7)12(11,13)14/h2-3,9H,4,16H2,1H3. The van der Waals surface area contributed by atoms with E-state index in [4.69, 9.17) is 10.5 Å². The lowest BCUT2D eigenvalue weighted by atomic mass is 9.99. The Balaban J connectivity index is 2.19. The number of alkyl halides is 2. The summed E-state index contributed by atoms with van der Waals surface area (Å²) >= 11 is 6.89. The van der Waals surface area contributed by atoms with Gasteiger partial charge in [0.15, 0.2) is 0 Å². The summed E-state index contributed by atoms with van der Waals surface area (Å²) in [5.74, 6) is -1.08. The first-order valence-corrected chi connectivity index (χ1v) is 7.13. The summed E-state index contributed by atoms with van der Waals surface area (Å²) in [4.78, 5) is 11.7. The Labute approximate surface area is 125 Å². The van der Waals surface area contributed by atoms with E-state index in [1.807, 2.05) is 0 Å². The minimum absolute atomic E-state index is 0.189. The highest BCUT2D eigenvalue weighted by Crippen LogP contribution is 2.72. The molecule has 1 aliphatic heterocycles. The van der Waals surface area contributed by atoms with Crippen LogP contribution in [0.2, 0.25) is 0 Å². The van der Waals surface area contributed by atoms with Gasteiger partial charge in [0.25, 0.3) is 0 Å². The normalized spacial score (nSPS) is 29.8. The number of methoxy groups -OCH3 is 1. The minimum Gasteiger partial charge on any atom is -0.490 e. The van der Waals surface area contributed by atoms with Crippen LogP contribution in [0.25, 0.3) is 0 Å². The molecule has 0 aromatic heterocycles. The SMILES string of the molecule is COC(=O)c1ccc(F)c2c1OCC1(N)C2C1(Br)Br. The van der Waals surface area contributed by atoms with Gasteiger partial charge in [-0.1, -0.05) is 31.9 Å². The molecule has 1 saturated carbocycles. The van der Waals surface area contributed by atoms with Crippen LogP contribution in [0.5, 0.6) is 5.75 Å². The molecule has 1 aliphatic carbocycles. The molecule has 1 heterocycles.